The molecule has 2 aliphatic heterocycles. The number of carbonyl (C=O) groups excluding carboxylic acids is 1. The van der Waals surface area contributed by atoms with Crippen LogP contribution in [0.3, 0.4) is 0 Å². The van der Waals surface area contributed by atoms with Crippen LogP contribution in [-0.2, 0) is 20.2 Å². The smallest absolute Gasteiger partial charge is 0.277 e. The van der Waals surface area contributed by atoms with E-state index in [2.05, 4.69) is 20.8 Å². The fraction of sp³-hybridized carbons (Fsp3) is 0.682. The molecule has 162 valence electrons. The van der Waals surface area contributed by atoms with Crippen LogP contribution in [0, 0.1) is 0 Å². The number of quaternary nitrogens is 1. The lowest BCUT2D eigenvalue weighted by molar-refractivity contribution is -0.896. The van der Waals surface area contributed by atoms with E-state index < -0.39 is 10.0 Å². The van der Waals surface area contributed by atoms with Gasteiger partial charge in [-0.1, -0.05) is 45.7 Å². The lowest BCUT2D eigenvalue weighted by Gasteiger charge is -2.32. The first kappa shape index (κ1) is 22.2. The number of nitrogens with zero attached hydrogens (tertiary/aromatic N) is 2. The molecule has 0 unspecified atom stereocenters. The molecule has 1 aromatic rings. The Balaban J connectivity index is 1.56. The minimum atomic E-state index is -3.48. The molecule has 1 amide bonds. The van der Waals surface area contributed by atoms with E-state index in [0.29, 0.717) is 37.6 Å². The van der Waals surface area contributed by atoms with Crippen molar-refractivity contribution < 1.29 is 18.1 Å². The average molecular weight is 423 g/mol. The number of nitrogens with one attached hydrogen (secondary N) is 1. The molecule has 2 aliphatic rings. The van der Waals surface area contributed by atoms with E-state index in [-0.39, 0.29) is 11.3 Å². The van der Waals surface area contributed by atoms with Crippen LogP contribution in [0.1, 0.15) is 52.0 Å². The maximum Gasteiger partial charge on any atom is 0.277 e. The Bertz CT molecular complexity index is 784. The van der Waals surface area contributed by atoms with Crippen molar-refractivity contribution in [3.05, 3.63) is 29.8 Å². The Hall–Kier alpha value is -1.44. The van der Waals surface area contributed by atoms with E-state index in [1.54, 1.807) is 16.4 Å². The molecule has 0 spiro atoms. The maximum atomic E-state index is 13.0. The van der Waals surface area contributed by atoms with E-state index in [4.69, 9.17) is 0 Å². The fourth-order valence-corrected chi connectivity index (χ4v) is 5.58. The molecule has 0 radical (unpaired) electrons. The third-order valence-electron chi connectivity index (χ3n) is 6.15. The largest absolute Gasteiger partial charge is 0.338 e. The van der Waals surface area contributed by atoms with Crippen LogP contribution in [0.5, 0.6) is 0 Å². The summed E-state index contributed by atoms with van der Waals surface area (Å²) in [6.45, 7) is 10.9. The molecule has 29 heavy (non-hydrogen) atoms. The normalized spacial score (nSPS) is 20.4. The summed E-state index contributed by atoms with van der Waals surface area (Å²) in [6.07, 6.45) is 4.62. The van der Waals surface area contributed by atoms with Gasteiger partial charge in [0, 0.05) is 13.1 Å². The van der Waals surface area contributed by atoms with Crippen molar-refractivity contribution >= 4 is 15.9 Å². The SMILES string of the molecule is CC(C)(C)c1ccc(S(=O)(=O)N2CC[NH+](CC(=O)N3CCCCCC3)CC2)cc1. The second-order valence-corrected chi connectivity index (χ2v) is 11.3. The Morgan fingerprint density at radius 2 is 1.48 bits per heavy atom. The summed E-state index contributed by atoms with van der Waals surface area (Å²) in [6, 6.07) is 7.26. The third-order valence-corrected chi connectivity index (χ3v) is 8.06. The highest BCUT2D eigenvalue weighted by atomic mass is 32.2. The molecule has 2 saturated heterocycles. The van der Waals surface area contributed by atoms with Crippen LogP contribution in [-0.4, -0.2) is 69.3 Å². The van der Waals surface area contributed by atoms with Crippen LogP contribution >= 0.6 is 0 Å². The van der Waals surface area contributed by atoms with E-state index in [0.717, 1.165) is 31.5 Å². The van der Waals surface area contributed by atoms with Gasteiger partial charge < -0.3 is 9.80 Å². The molecule has 0 bridgehead atoms. The minimum absolute atomic E-state index is 0.00279. The predicted molar refractivity (Wildman–Crippen MR) is 115 cm³/mol. The first-order valence-electron chi connectivity index (χ1n) is 10.9. The summed E-state index contributed by atoms with van der Waals surface area (Å²) < 4.78 is 27.6. The van der Waals surface area contributed by atoms with E-state index in [1.165, 1.54) is 17.7 Å². The molecule has 0 saturated carbocycles. The standard InChI is InChI=1S/C22H35N3O3S/c1-22(2,3)19-8-10-20(11-9-19)29(27,28)25-16-14-23(15-17-25)18-21(26)24-12-6-4-5-7-13-24/h8-11H,4-7,12-18H2,1-3H3/p+1. The molecule has 6 nitrogen and oxygen atoms in total. The highest BCUT2D eigenvalue weighted by Crippen LogP contribution is 2.24. The van der Waals surface area contributed by atoms with Crippen molar-refractivity contribution in [2.24, 2.45) is 0 Å². The Morgan fingerprint density at radius 3 is 2.00 bits per heavy atom. The number of sulfonamides is 1. The van der Waals surface area contributed by atoms with Crippen molar-refractivity contribution in [3.63, 3.8) is 0 Å². The Labute approximate surface area is 175 Å². The van der Waals surface area contributed by atoms with Crippen molar-refractivity contribution in [2.45, 2.75) is 56.8 Å². The van der Waals surface area contributed by atoms with Gasteiger partial charge in [0.2, 0.25) is 10.0 Å². The lowest BCUT2D eigenvalue weighted by atomic mass is 9.87. The van der Waals surface area contributed by atoms with Crippen molar-refractivity contribution in [1.29, 1.82) is 0 Å². The van der Waals surface area contributed by atoms with E-state index in [9.17, 15) is 13.2 Å². The summed E-state index contributed by atoms with van der Waals surface area (Å²) in [5.74, 6) is 0.218. The van der Waals surface area contributed by atoms with Crippen molar-refractivity contribution in [1.82, 2.24) is 9.21 Å². The van der Waals surface area contributed by atoms with E-state index >= 15 is 0 Å². The van der Waals surface area contributed by atoms with Crippen LogP contribution < -0.4 is 4.90 Å². The van der Waals surface area contributed by atoms with E-state index in [1.807, 2.05) is 17.0 Å². The molecule has 1 N–H and O–H groups in total. The van der Waals surface area contributed by atoms with Gasteiger partial charge in [-0.3, -0.25) is 4.79 Å². The summed E-state index contributed by atoms with van der Waals surface area (Å²) in [7, 11) is -3.48. The summed E-state index contributed by atoms with van der Waals surface area (Å²) in [5.41, 5.74) is 1.12. The Kier molecular flexibility index (Phi) is 7.02. The minimum Gasteiger partial charge on any atom is -0.338 e. The van der Waals surface area contributed by atoms with Gasteiger partial charge in [0.1, 0.15) is 0 Å². The number of piperazine rings is 1. The maximum absolute atomic E-state index is 13.0. The van der Waals surface area contributed by atoms with Crippen molar-refractivity contribution in [3.8, 4) is 0 Å². The molecule has 7 heteroatoms. The second kappa shape index (κ2) is 9.14. The number of hydrogen-bond donors (Lipinski definition) is 1. The third kappa shape index (κ3) is 5.58. The molecule has 3 rings (SSSR count). The number of carbonyl (C=O) groups is 1. The first-order chi connectivity index (χ1) is 13.7. The molecular formula is C22H36N3O3S+. The number of likely N-dealkylation sites (tertiary alicyclic amines) is 1. The lowest BCUT2D eigenvalue weighted by Crippen LogP contribution is -3.15. The molecular weight excluding hydrogens is 386 g/mol. The van der Waals surface area contributed by atoms with Crippen LogP contribution in [0.4, 0.5) is 0 Å². The fourth-order valence-electron chi connectivity index (χ4n) is 4.14. The topological polar surface area (TPSA) is 62.1 Å². The van der Waals surface area contributed by atoms with Crippen LogP contribution in [0.15, 0.2) is 29.2 Å². The zero-order valence-electron chi connectivity index (χ0n) is 18.1. The van der Waals surface area contributed by atoms with Gasteiger partial charge in [0.05, 0.1) is 31.1 Å². The van der Waals surface area contributed by atoms with Crippen LogP contribution in [0.25, 0.3) is 0 Å². The highest BCUT2D eigenvalue weighted by Gasteiger charge is 2.32. The summed E-state index contributed by atoms with van der Waals surface area (Å²) in [4.78, 5) is 16.1. The van der Waals surface area contributed by atoms with Gasteiger partial charge in [0.25, 0.3) is 5.91 Å². The molecule has 2 heterocycles. The Morgan fingerprint density at radius 1 is 0.931 bits per heavy atom. The number of rotatable bonds is 4. The number of benzene rings is 1. The van der Waals surface area contributed by atoms with Crippen LogP contribution in [0.2, 0.25) is 0 Å². The molecule has 1 aromatic carbocycles. The van der Waals surface area contributed by atoms with Gasteiger partial charge in [0.15, 0.2) is 6.54 Å². The zero-order valence-corrected chi connectivity index (χ0v) is 18.9. The second-order valence-electron chi connectivity index (χ2n) is 9.40. The average Bonchev–Trinajstić information content (AvgIpc) is 2.97. The molecule has 0 aliphatic carbocycles. The first-order valence-corrected chi connectivity index (χ1v) is 12.3. The predicted octanol–water partition coefficient (Wildman–Crippen LogP) is 1.28. The molecule has 0 aromatic heterocycles. The molecule has 0 atom stereocenters. The quantitative estimate of drug-likeness (QED) is 0.795. The summed E-state index contributed by atoms with van der Waals surface area (Å²) >= 11 is 0. The van der Waals surface area contributed by atoms with Gasteiger partial charge in [-0.25, -0.2) is 8.42 Å². The monoisotopic (exact) mass is 422 g/mol. The van der Waals surface area contributed by atoms with Gasteiger partial charge in [-0.15, -0.1) is 0 Å². The van der Waals surface area contributed by atoms with Gasteiger partial charge in [-0.05, 0) is 36.0 Å². The molecule has 2 fully saturated rings. The number of amides is 1. The van der Waals surface area contributed by atoms with Gasteiger partial charge in [-0.2, -0.15) is 4.31 Å². The number of hydrogen-bond acceptors (Lipinski definition) is 3. The zero-order chi connectivity index (χ0) is 21.1. The summed E-state index contributed by atoms with van der Waals surface area (Å²) in [5, 5.41) is 0. The highest BCUT2D eigenvalue weighted by molar-refractivity contribution is 7.89. The van der Waals surface area contributed by atoms with Gasteiger partial charge >= 0.3 is 0 Å². The van der Waals surface area contributed by atoms with Crippen molar-refractivity contribution in [2.75, 3.05) is 45.8 Å².